The molecule has 8 aromatic rings. The minimum absolute atomic E-state index is 0.0193. The Kier molecular flexibility index (Phi) is 10.8. The maximum absolute atomic E-state index is 12.3. The van der Waals surface area contributed by atoms with Crippen molar-refractivity contribution < 1.29 is 57.0 Å². The van der Waals surface area contributed by atoms with E-state index in [4.69, 9.17) is 5.73 Å². The minimum Gasteiger partial charge on any atom is -0.505 e. The number of nitrogens with zero attached hydrogens (tertiary/aromatic N) is 6. The van der Waals surface area contributed by atoms with E-state index >= 15 is 0 Å². The van der Waals surface area contributed by atoms with Gasteiger partial charge in [0.2, 0.25) is 0 Å². The number of phenols is 1. The Hall–Kier alpha value is -7.16. The molecular formula is C40H27N7O13S4. The second-order valence-corrected chi connectivity index (χ2v) is 19.4. The second-order valence-electron chi connectivity index (χ2n) is 13.8. The lowest BCUT2D eigenvalue weighted by atomic mass is 10.1. The van der Waals surface area contributed by atoms with E-state index in [1.807, 2.05) is 0 Å². The predicted molar refractivity (Wildman–Crippen MR) is 234 cm³/mol. The van der Waals surface area contributed by atoms with Crippen LogP contribution in [0.3, 0.4) is 0 Å². The Labute approximate surface area is 361 Å². The quantitative estimate of drug-likeness (QED) is 0.0422. The number of benzene rings is 8. The number of fused-ring (bicyclic) bond motifs is 4. The molecule has 0 heterocycles. The van der Waals surface area contributed by atoms with Gasteiger partial charge in [0.25, 0.3) is 40.5 Å². The highest BCUT2D eigenvalue weighted by molar-refractivity contribution is 7.87. The van der Waals surface area contributed by atoms with Gasteiger partial charge in [-0.1, -0.05) is 42.5 Å². The summed E-state index contributed by atoms with van der Waals surface area (Å²) in [5.74, 6) is -0.506. The molecule has 0 saturated heterocycles. The number of rotatable bonds is 10. The molecule has 0 radical (unpaired) electrons. The van der Waals surface area contributed by atoms with E-state index < -0.39 is 65.8 Å². The molecule has 20 nitrogen and oxygen atoms in total. The fourth-order valence-corrected chi connectivity index (χ4v) is 9.51. The average molecular weight is 942 g/mol. The van der Waals surface area contributed by atoms with Gasteiger partial charge in [-0.2, -0.15) is 38.8 Å². The van der Waals surface area contributed by atoms with Gasteiger partial charge in [-0.25, -0.2) is 0 Å². The molecule has 0 aliphatic heterocycles. The molecule has 0 fully saturated rings. The fraction of sp³-hybridized carbons (Fsp3) is 0. The molecule has 0 spiro atoms. The number of azo groups is 3. The Bertz CT molecular complexity index is 3880. The van der Waals surface area contributed by atoms with Crippen LogP contribution in [0.25, 0.3) is 43.1 Å². The zero-order valence-corrected chi connectivity index (χ0v) is 35.2. The van der Waals surface area contributed by atoms with Crippen LogP contribution in [0.5, 0.6) is 5.75 Å². The molecule has 8 aromatic carbocycles. The van der Waals surface area contributed by atoms with Gasteiger partial charge in [0.1, 0.15) is 20.4 Å². The van der Waals surface area contributed by atoms with Crippen molar-refractivity contribution in [2.45, 2.75) is 19.6 Å². The molecule has 24 heteroatoms. The zero-order valence-electron chi connectivity index (χ0n) is 31.9. The van der Waals surface area contributed by atoms with E-state index in [-0.39, 0.29) is 66.4 Å². The number of nitrogen functional groups attached to an aromatic ring is 1. The molecule has 0 amide bonds. The van der Waals surface area contributed by atoms with Gasteiger partial charge in [-0.15, -0.1) is 25.6 Å². The van der Waals surface area contributed by atoms with Crippen LogP contribution in [-0.2, 0) is 40.5 Å². The summed E-state index contributed by atoms with van der Waals surface area (Å²) in [6.07, 6.45) is 0. The maximum Gasteiger partial charge on any atom is 0.295 e. The van der Waals surface area contributed by atoms with E-state index in [1.54, 1.807) is 24.3 Å². The highest BCUT2D eigenvalue weighted by atomic mass is 32.2. The number of phenolic OH excluding ortho intramolecular Hbond substituents is 1. The summed E-state index contributed by atoms with van der Waals surface area (Å²) in [4.78, 5) is -2.43. The van der Waals surface area contributed by atoms with Crippen molar-refractivity contribution in [3.8, 4) is 5.75 Å². The van der Waals surface area contributed by atoms with Crippen molar-refractivity contribution >= 4 is 123 Å². The van der Waals surface area contributed by atoms with Crippen molar-refractivity contribution in [3.63, 3.8) is 0 Å². The number of hydrogen-bond acceptors (Lipinski definition) is 16. The maximum atomic E-state index is 12.3. The highest BCUT2D eigenvalue weighted by Crippen LogP contribution is 2.43. The molecule has 0 atom stereocenters. The van der Waals surface area contributed by atoms with Crippen LogP contribution in [0, 0.1) is 0 Å². The lowest BCUT2D eigenvalue weighted by Gasteiger charge is -2.10. The van der Waals surface area contributed by atoms with Crippen LogP contribution >= 0.6 is 0 Å². The average Bonchev–Trinajstić information content (AvgIpc) is 3.22. The molecule has 0 unspecified atom stereocenters. The van der Waals surface area contributed by atoms with Crippen LogP contribution < -0.4 is 5.73 Å². The van der Waals surface area contributed by atoms with Gasteiger partial charge in [-0.3, -0.25) is 18.2 Å². The lowest BCUT2D eigenvalue weighted by Crippen LogP contribution is -2.03. The summed E-state index contributed by atoms with van der Waals surface area (Å²) < 4.78 is 137. The van der Waals surface area contributed by atoms with Crippen molar-refractivity contribution in [1.29, 1.82) is 0 Å². The number of hydrogen-bond donors (Lipinski definition) is 6. The topological polar surface area (TPSA) is 338 Å². The molecule has 324 valence electrons. The third-order valence-corrected chi connectivity index (χ3v) is 13.3. The standard InChI is InChI=1S/C40H27N7O13S4/c41-21-8-10-28-30(16-21)39(64(58,59)60)20-36(40(28)48)47-46-35-15-14-34(26-11-9-23(19-29(26)35)61(49,50)51)45-44-33-13-12-32(24-4-1-2-5-25(24)33)43-42-22-17-31-27(38(18-22)63(55,56)57)6-3-7-37(31)62(52,53)54/h1-20,48H,41H2,(H,49,50,51)(H,52,53,54)(H,55,56,57)(H,58,59,60). The smallest absolute Gasteiger partial charge is 0.295 e. The Morgan fingerprint density at radius 3 is 1.39 bits per heavy atom. The van der Waals surface area contributed by atoms with Gasteiger partial charge in [0.15, 0.2) is 5.75 Å². The number of anilines is 1. The molecular weight excluding hydrogens is 915 g/mol. The Morgan fingerprint density at radius 1 is 0.359 bits per heavy atom. The third kappa shape index (κ3) is 8.49. The van der Waals surface area contributed by atoms with Crippen molar-refractivity contribution in [2.24, 2.45) is 30.7 Å². The van der Waals surface area contributed by atoms with Gasteiger partial charge < -0.3 is 10.8 Å². The van der Waals surface area contributed by atoms with Crippen LogP contribution in [0.15, 0.2) is 172 Å². The summed E-state index contributed by atoms with van der Waals surface area (Å²) in [7, 11) is -19.3. The van der Waals surface area contributed by atoms with E-state index in [2.05, 4.69) is 30.7 Å². The second kappa shape index (κ2) is 15.9. The van der Waals surface area contributed by atoms with Gasteiger partial charge in [-0.05, 0) is 78.9 Å². The molecule has 0 aliphatic carbocycles. The molecule has 0 aliphatic rings. The lowest BCUT2D eigenvalue weighted by molar-refractivity contribution is 0.478. The first-order chi connectivity index (χ1) is 30.1. The van der Waals surface area contributed by atoms with E-state index in [9.17, 15) is 57.0 Å². The monoisotopic (exact) mass is 941 g/mol. The van der Waals surface area contributed by atoms with E-state index in [0.29, 0.717) is 16.5 Å². The summed E-state index contributed by atoms with van der Waals surface area (Å²) in [6.45, 7) is 0. The van der Waals surface area contributed by atoms with Crippen LogP contribution in [0.4, 0.5) is 39.8 Å². The van der Waals surface area contributed by atoms with E-state index in [1.165, 1.54) is 66.7 Å². The molecule has 0 bridgehead atoms. The Balaban J connectivity index is 1.19. The van der Waals surface area contributed by atoms with Gasteiger partial charge >= 0.3 is 0 Å². The van der Waals surface area contributed by atoms with Crippen molar-refractivity contribution in [1.82, 2.24) is 0 Å². The summed E-state index contributed by atoms with van der Waals surface area (Å²) in [5, 5.41) is 37.2. The van der Waals surface area contributed by atoms with Crippen molar-refractivity contribution in [3.05, 3.63) is 121 Å². The SMILES string of the molecule is Nc1ccc2c(O)c(N=Nc3ccc(N=Nc4ccc(N=Nc5cc(S(=O)(=O)O)c6cccc(S(=O)(=O)O)c6c5)c5ccccc45)c4ccc(S(=O)(=O)O)cc34)cc(S(=O)(=O)O)c2c1. The summed E-state index contributed by atoms with van der Waals surface area (Å²) in [5.41, 5.74) is 6.10. The normalized spacial score (nSPS) is 13.1. The van der Waals surface area contributed by atoms with Crippen LogP contribution in [-0.4, -0.2) is 57.0 Å². The molecule has 7 N–H and O–H groups in total. The first kappa shape index (κ1) is 43.5. The molecule has 64 heavy (non-hydrogen) atoms. The molecule has 0 aromatic heterocycles. The highest BCUT2D eigenvalue weighted by Gasteiger charge is 2.23. The third-order valence-electron chi connectivity index (χ3n) is 9.73. The zero-order chi connectivity index (χ0) is 45.9. The van der Waals surface area contributed by atoms with Crippen LogP contribution in [0.1, 0.15) is 0 Å². The first-order valence-corrected chi connectivity index (χ1v) is 23.7. The number of aromatic hydroxyl groups is 1. The minimum atomic E-state index is -4.91. The van der Waals surface area contributed by atoms with E-state index in [0.717, 1.165) is 30.3 Å². The summed E-state index contributed by atoms with van der Waals surface area (Å²) >= 11 is 0. The fourth-order valence-electron chi connectivity index (χ4n) is 6.88. The predicted octanol–water partition coefficient (Wildman–Crippen LogP) is 9.82. The van der Waals surface area contributed by atoms with Gasteiger partial charge in [0.05, 0.1) is 33.3 Å². The Morgan fingerprint density at radius 2 is 0.828 bits per heavy atom. The van der Waals surface area contributed by atoms with Gasteiger partial charge in [0, 0.05) is 48.8 Å². The molecule has 0 saturated carbocycles. The largest absolute Gasteiger partial charge is 0.505 e. The number of nitrogens with two attached hydrogens (primary N) is 1. The van der Waals surface area contributed by atoms with Crippen LogP contribution in [0.2, 0.25) is 0 Å². The van der Waals surface area contributed by atoms with Crippen molar-refractivity contribution in [2.75, 3.05) is 5.73 Å². The molecule has 8 rings (SSSR count). The summed E-state index contributed by atoms with van der Waals surface area (Å²) in [6, 6.07) is 26.7. The first-order valence-electron chi connectivity index (χ1n) is 17.9.